The molecule has 0 aromatic heterocycles. The Morgan fingerprint density at radius 3 is 2.84 bits per heavy atom. The third-order valence-electron chi connectivity index (χ3n) is 7.89. The van der Waals surface area contributed by atoms with Gasteiger partial charge in [-0.1, -0.05) is 37.8 Å². The molecule has 0 spiro atoms. The van der Waals surface area contributed by atoms with E-state index in [2.05, 4.69) is 78.1 Å². The number of ether oxygens (including phenoxy) is 1. The molecule has 3 heterocycles. The molecule has 196 valence electrons. The average molecular weight is 520 g/mol. The highest BCUT2D eigenvalue weighted by Crippen LogP contribution is 2.36. The maximum absolute atomic E-state index is 12.0. The number of nitrogens with zero attached hydrogens (tertiary/aromatic N) is 2. The molecule has 0 aliphatic carbocycles. The molecule has 6 nitrogen and oxygen atoms in total. The summed E-state index contributed by atoms with van der Waals surface area (Å²) in [4.78, 5) is 6.98. The zero-order chi connectivity index (χ0) is 26.2. The number of anilines is 2. The molecule has 1 saturated heterocycles. The van der Waals surface area contributed by atoms with Crippen molar-refractivity contribution in [2.24, 2.45) is 10.9 Å². The van der Waals surface area contributed by atoms with Crippen LogP contribution in [0.4, 0.5) is 11.4 Å². The number of rotatable bonds is 5. The van der Waals surface area contributed by atoms with Gasteiger partial charge in [-0.15, -0.1) is 0 Å². The minimum absolute atomic E-state index is 0.0989. The number of hydrogen-bond acceptors (Lipinski definition) is 6. The second-order valence-corrected chi connectivity index (χ2v) is 12.6. The molecule has 5 rings (SSSR count). The lowest BCUT2D eigenvalue weighted by atomic mass is 9.88. The SMILES string of the molecule is C=C1N=C(OCC)CC=C(c2cc(Nc3cccc4c3CCN(C3CCS(=O)(=O)C3)C4)ccc2C)C1C. The van der Waals surface area contributed by atoms with Gasteiger partial charge in [-0.2, -0.15) is 0 Å². The summed E-state index contributed by atoms with van der Waals surface area (Å²) in [6.07, 6.45) is 4.55. The zero-order valence-electron chi connectivity index (χ0n) is 22.1. The molecule has 0 radical (unpaired) electrons. The van der Waals surface area contributed by atoms with Crippen molar-refractivity contribution in [3.63, 3.8) is 0 Å². The fourth-order valence-corrected chi connectivity index (χ4v) is 7.51. The van der Waals surface area contributed by atoms with E-state index in [0.717, 1.165) is 48.9 Å². The van der Waals surface area contributed by atoms with Crippen LogP contribution in [-0.4, -0.2) is 49.9 Å². The van der Waals surface area contributed by atoms with E-state index in [1.165, 1.54) is 27.8 Å². The smallest absolute Gasteiger partial charge is 0.191 e. The van der Waals surface area contributed by atoms with E-state index < -0.39 is 9.84 Å². The van der Waals surface area contributed by atoms with Gasteiger partial charge in [0.1, 0.15) is 0 Å². The van der Waals surface area contributed by atoms with Crippen molar-refractivity contribution in [1.82, 2.24) is 4.90 Å². The van der Waals surface area contributed by atoms with Crippen LogP contribution in [0.15, 0.2) is 59.7 Å². The summed E-state index contributed by atoms with van der Waals surface area (Å²) in [6, 6.07) is 13.1. The maximum atomic E-state index is 12.0. The fourth-order valence-electron chi connectivity index (χ4n) is 5.75. The van der Waals surface area contributed by atoms with E-state index in [1.807, 2.05) is 6.92 Å². The minimum atomic E-state index is -2.88. The molecule has 37 heavy (non-hydrogen) atoms. The molecule has 0 saturated carbocycles. The summed E-state index contributed by atoms with van der Waals surface area (Å²) in [7, 11) is -2.88. The first kappa shape index (κ1) is 25.7. The Morgan fingerprint density at radius 1 is 1.24 bits per heavy atom. The maximum Gasteiger partial charge on any atom is 0.191 e. The Hall–Kier alpha value is -2.90. The van der Waals surface area contributed by atoms with Crippen LogP contribution in [-0.2, 0) is 27.5 Å². The molecule has 2 unspecified atom stereocenters. The number of fused-ring (bicyclic) bond motifs is 1. The van der Waals surface area contributed by atoms with E-state index in [-0.39, 0.29) is 12.0 Å². The largest absolute Gasteiger partial charge is 0.481 e. The number of hydrogen-bond donors (Lipinski definition) is 1. The van der Waals surface area contributed by atoms with Crippen molar-refractivity contribution in [3.8, 4) is 0 Å². The van der Waals surface area contributed by atoms with E-state index >= 15 is 0 Å². The second kappa shape index (κ2) is 10.5. The van der Waals surface area contributed by atoms with Crippen molar-refractivity contribution in [3.05, 3.63) is 77.0 Å². The molecule has 0 bridgehead atoms. The van der Waals surface area contributed by atoms with Crippen molar-refractivity contribution in [1.29, 1.82) is 0 Å². The molecule has 0 amide bonds. The van der Waals surface area contributed by atoms with Gasteiger partial charge in [0.05, 0.1) is 18.1 Å². The summed E-state index contributed by atoms with van der Waals surface area (Å²) in [6.45, 7) is 12.8. The number of aliphatic imine (C=N–C) groups is 1. The highest BCUT2D eigenvalue weighted by atomic mass is 32.2. The predicted molar refractivity (Wildman–Crippen MR) is 152 cm³/mol. The van der Waals surface area contributed by atoms with Crippen molar-refractivity contribution in [2.45, 2.75) is 52.6 Å². The Labute approximate surface area is 221 Å². The van der Waals surface area contributed by atoms with Crippen LogP contribution in [0.5, 0.6) is 0 Å². The van der Waals surface area contributed by atoms with Gasteiger partial charge in [-0.3, -0.25) is 4.90 Å². The molecule has 1 N–H and O–H groups in total. The summed E-state index contributed by atoms with van der Waals surface area (Å²) < 4.78 is 29.7. The quantitative estimate of drug-likeness (QED) is 0.552. The van der Waals surface area contributed by atoms with E-state index in [9.17, 15) is 8.42 Å². The summed E-state index contributed by atoms with van der Waals surface area (Å²) in [5.74, 6) is 1.44. The van der Waals surface area contributed by atoms with Gasteiger partial charge in [-0.25, -0.2) is 13.4 Å². The summed E-state index contributed by atoms with van der Waals surface area (Å²) in [5, 5.41) is 3.69. The molecular weight excluding hydrogens is 482 g/mol. The lowest BCUT2D eigenvalue weighted by Gasteiger charge is -2.34. The van der Waals surface area contributed by atoms with Crippen LogP contribution >= 0.6 is 0 Å². The molecule has 1 fully saturated rings. The van der Waals surface area contributed by atoms with Gasteiger partial charge in [0, 0.05) is 48.5 Å². The number of aryl methyl sites for hydroxylation is 1. The van der Waals surface area contributed by atoms with Crippen LogP contribution < -0.4 is 5.32 Å². The Bertz CT molecular complexity index is 1380. The summed E-state index contributed by atoms with van der Waals surface area (Å²) in [5.41, 5.74) is 9.24. The average Bonchev–Trinajstić information content (AvgIpc) is 3.18. The topological polar surface area (TPSA) is 71.0 Å². The fraction of sp³-hybridized carbons (Fsp3) is 0.433. The van der Waals surface area contributed by atoms with Gasteiger partial charge in [0.25, 0.3) is 0 Å². The predicted octanol–water partition coefficient (Wildman–Crippen LogP) is 5.66. The number of allylic oxidation sites excluding steroid dienone is 1. The Morgan fingerprint density at radius 2 is 2.08 bits per heavy atom. The number of sulfone groups is 1. The highest BCUT2D eigenvalue weighted by Gasteiger charge is 2.34. The normalized spacial score (nSPS) is 23.6. The van der Waals surface area contributed by atoms with Gasteiger partial charge in [0.15, 0.2) is 15.7 Å². The molecular formula is C30H37N3O3S. The first-order valence-electron chi connectivity index (χ1n) is 13.3. The third-order valence-corrected chi connectivity index (χ3v) is 9.64. The number of benzene rings is 2. The van der Waals surface area contributed by atoms with Gasteiger partial charge >= 0.3 is 0 Å². The van der Waals surface area contributed by atoms with E-state index in [0.29, 0.717) is 24.5 Å². The van der Waals surface area contributed by atoms with Crippen molar-refractivity contribution >= 4 is 32.7 Å². The second-order valence-electron chi connectivity index (χ2n) is 10.4. The van der Waals surface area contributed by atoms with Crippen LogP contribution in [0.3, 0.4) is 0 Å². The standard InChI is InChI=1S/C30H37N3O3S/c1-5-36-30-12-11-26(21(3)22(4)31-30)28-17-24(10-9-20(28)2)32-29-8-6-7-23-18-33(15-13-27(23)29)25-14-16-37(34,35)19-25/h6-11,17,21,25,32H,4-5,12-16,18-19H2,1-3H3. The first-order valence-corrected chi connectivity index (χ1v) is 15.1. The molecule has 2 aromatic carbocycles. The van der Waals surface area contributed by atoms with Crippen LogP contribution in [0.25, 0.3) is 5.57 Å². The van der Waals surface area contributed by atoms with E-state index in [1.54, 1.807) is 0 Å². The zero-order valence-corrected chi connectivity index (χ0v) is 22.9. The van der Waals surface area contributed by atoms with E-state index in [4.69, 9.17) is 4.74 Å². The van der Waals surface area contributed by atoms with Crippen molar-refractivity contribution in [2.75, 3.05) is 30.0 Å². The Balaban J connectivity index is 1.37. The van der Waals surface area contributed by atoms with Gasteiger partial charge in [-0.05, 0) is 72.7 Å². The molecule has 2 aromatic rings. The summed E-state index contributed by atoms with van der Waals surface area (Å²) >= 11 is 0. The monoisotopic (exact) mass is 519 g/mol. The Kier molecular flexibility index (Phi) is 7.28. The number of nitrogens with one attached hydrogen (secondary N) is 1. The lowest BCUT2D eigenvalue weighted by molar-refractivity contribution is 0.194. The van der Waals surface area contributed by atoms with Crippen LogP contribution in [0.1, 0.15) is 48.9 Å². The lowest BCUT2D eigenvalue weighted by Crippen LogP contribution is -2.40. The van der Waals surface area contributed by atoms with Crippen LogP contribution in [0.2, 0.25) is 0 Å². The molecule has 3 aliphatic rings. The highest BCUT2D eigenvalue weighted by molar-refractivity contribution is 7.91. The minimum Gasteiger partial charge on any atom is -0.481 e. The molecule has 3 aliphatic heterocycles. The molecule has 2 atom stereocenters. The molecule has 7 heteroatoms. The van der Waals surface area contributed by atoms with Gasteiger partial charge in [0.2, 0.25) is 0 Å². The van der Waals surface area contributed by atoms with Crippen LogP contribution in [0, 0.1) is 12.8 Å². The van der Waals surface area contributed by atoms with Crippen molar-refractivity contribution < 1.29 is 13.2 Å². The third kappa shape index (κ3) is 5.53. The van der Waals surface area contributed by atoms with Gasteiger partial charge < -0.3 is 10.1 Å². The first-order chi connectivity index (χ1) is 17.7.